The van der Waals surface area contributed by atoms with E-state index in [0.29, 0.717) is 24.3 Å². The molecule has 0 unspecified atom stereocenters. The highest BCUT2D eigenvalue weighted by Gasteiger charge is 2.45. The van der Waals surface area contributed by atoms with E-state index in [-0.39, 0.29) is 69.6 Å². The Balaban J connectivity index is 2.12. The molecule has 0 aliphatic carbocycles. The average Bonchev–Trinajstić information content (AvgIpc) is 1.41. The molecule has 16 atom stereocenters. The molecular formula is C84H140N14O18. The quantitative estimate of drug-likeness (QED) is 0.0235. The van der Waals surface area contributed by atoms with Gasteiger partial charge >= 0.3 is 12.1 Å². The maximum atomic E-state index is 15.3. The van der Waals surface area contributed by atoms with Crippen LogP contribution in [-0.4, -0.2) is 203 Å². The van der Waals surface area contributed by atoms with Crippen LogP contribution in [0.5, 0.6) is 0 Å². The molecule has 3 rings (SSSR count). The molecular weight excluding hydrogens is 1490 g/mol. The fourth-order valence-electron chi connectivity index (χ4n) is 13.2. The topological polar surface area (TPSA) is 443 Å². The number of cyclic esters (lactones) is 1. The molecule has 0 aromatic heterocycles. The predicted octanol–water partition coefficient (Wildman–Crippen LogP) is 5.23. The number of allylic oxidation sites excluding steroid dienone is 1. The van der Waals surface area contributed by atoms with Crippen molar-refractivity contribution in [3.8, 4) is 0 Å². The third-order valence-electron chi connectivity index (χ3n) is 20.4. The Labute approximate surface area is 687 Å². The van der Waals surface area contributed by atoms with E-state index in [0.717, 1.165) is 6.42 Å². The van der Waals surface area contributed by atoms with Gasteiger partial charge in [-0.05, 0) is 147 Å². The van der Waals surface area contributed by atoms with Crippen molar-refractivity contribution in [2.45, 2.75) is 333 Å². The highest BCUT2D eigenvalue weighted by atomic mass is 16.6. The van der Waals surface area contributed by atoms with Crippen molar-refractivity contribution in [1.82, 2.24) is 74.0 Å². The molecule has 0 bridgehead atoms. The number of likely N-dealkylation sites (tertiary alicyclic amines) is 1. The molecule has 14 amide bonds. The first-order chi connectivity index (χ1) is 54.0. The minimum Gasteiger partial charge on any atom is -0.458 e. The molecule has 0 saturated carbocycles. The number of esters is 1. The van der Waals surface area contributed by atoms with Gasteiger partial charge in [-0.15, -0.1) is 0 Å². The van der Waals surface area contributed by atoms with Crippen LogP contribution < -0.4 is 69.1 Å². The normalized spacial score (nSPS) is 21.8. The van der Waals surface area contributed by atoms with Crippen LogP contribution in [-0.2, 0) is 87.8 Å². The predicted molar refractivity (Wildman–Crippen MR) is 439 cm³/mol. The first kappa shape index (κ1) is 101. The summed E-state index contributed by atoms with van der Waals surface area (Å²) in [7, 11) is 0. The number of benzene rings is 1. The Kier molecular flexibility index (Phi) is 41.1. The molecule has 2 heterocycles. The molecule has 2 aliphatic rings. The van der Waals surface area contributed by atoms with Crippen molar-refractivity contribution in [3.63, 3.8) is 0 Å². The summed E-state index contributed by atoms with van der Waals surface area (Å²) in [6.07, 6.45) is 0.277. The van der Waals surface area contributed by atoms with E-state index in [9.17, 15) is 47.9 Å². The zero-order valence-electron chi connectivity index (χ0n) is 73.4. The second-order valence-electron chi connectivity index (χ2n) is 35.0. The van der Waals surface area contributed by atoms with Gasteiger partial charge < -0.3 is 88.2 Å². The highest BCUT2D eigenvalue weighted by molar-refractivity contribution is 6.03. The van der Waals surface area contributed by atoms with Gasteiger partial charge in [0.25, 0.3) is 5.91 Å². The van der Waals surface area contributed by atoms with Crippen LogP contribution in [0.25, 0.3) is 0 Å². The van der Waals surface area contributed by atoms with Gasteiger partial charge in [0, 0.05) is 25.9 Å². The zero-order valence-corrected chi connectivity index (χ0v) is 73.4. The lowest BCUT2D eigenvalue weighted by Gasteiger charge is -2.34. The summed E-state index contributed by atoms with van der Waals surface area (Å²) in [5.74, 6) is -15.3. The van der Waals surface area contributed by atoms with Crippen LogP contribution in [0.15, 0.2) is 42.1 Å². The van der Waals surface area contributed by atoms with E-state index in [1.54, 1.807) is 176 Å². The third-order valence-corrected chi connectivity index (χ3v) is 20.4. The Morgan fingerprint density at radius 2 is 1.13 bits per heavy atom. The molecule has 2 saturated heterocycles. The van der Waals surface area contributed by atoms with E-state index in [1.807, 2.05) is 13.8 Å². The van der Waals surface area contributed by atoms with Gasteiger partial charge in [0.2, 0.25) is 70.9 Å². The SMILES string of the molecule is C/C=C1\NC(=O)[C@H](Cc2ccccc2)NC(=O)[C@@H](C(C)C)NC(=O)[C@@H]([C@@H](C)CC)NC(=O)[C@H](NC(=O)[C@H](NC(=O)[C@H](CCCNC(=O)OC(C)(C)C)NC(=O)[C@H]2CCCN2C(=O)[C@H](NC(=O)[C@@H](NC(=O)[C@@H](NC(=O)[C@H](NC(=O)CCCC(C)C)C(C)C)[C@@H](C)OC(C)(C)C)C(C)C)C(C)C)[C@@H](C)CC)[C@@H](C)OC(=O)[C@H](C(C)C)NC1=O. The van der Waals surface area contributed by atoms with E-state index in [2.05, 4.69) is 69.1 Å². The summed E-state index contributed by atoms with van der Waals surface area (Å²) in [6.45, 7) is 42.4. The van der Waals surface area contributed by atoms with E-state index in [4.69, 9.17) is 14.2 Å². The van der Waals surface area contributed by atoms with Gasteiger partial charge in [-0.2, -0.15) is 0 Å². The molecule has 32 heteroatoms. The van der Waals surface area contributed by atoms with Crippen LogP contribution in [0.1, 0.15) is 236 Å². The number of hydrogen-bond acceptors (Lipinski definition) is 18. The lowest BCUT2D eigenvalue weighted by Crippen LogP contribution is -2.64. The third kappa shape index (κ3) is 32.7. The van der Waals surface area contributed by atoms with E-state index in [1.165, 1.54) is 24.8 Å². The number of alkyl carbamates (subject to hydrolysis) is 1. The molecule has 1 aromatic carbocycles. The van der Waals surface area contributed by atoms with Gasteiger partial charge in [0.15, 0.2) is 0 Å². The van der Waals surface area contributed by atoms with Crippen molar-refractivity contribution in [2.24, 2.45) is 47.3 Å². The summed E-state index contributed by atoms with van der Waals surface area (Å²) < 4.78 is 17.7. The van der Waals surface area contributed by atoms with Crippen molar-refractivity contribution in [2.75, 3.05) is 13.1 Å². The molecule has 0 radical (unpaired) electrons. The van der Waals surface area contributed by atoms with Crippen LogP contribution in [0.4, 0.5) is 4.79 Å². The Bertz CT molecular complexity index is 3530. The lowest BCUT2D eigenvalue weighted by molar-refractivity contribution is -0.157. The first-order valence-corrected chi connectivity index (χ1v) is 41.5. The second kappa shape index (κ2) is 47.2. The molecule has 2 fully saturated rings. The fraction of sp³-hybridized carbons (Fsp3) is 0.726. The molecule has 32 nitrogen and oxygen atoms in total. The highest BCUT2D eigenvalue weighted by Crippen LogP contribution is 2.24. The Morgan fingerprint density at radius 1 is 0.586 bits per heavy atom. The smallest absolute Gasteiger partial charge is 0.407 e. The van der Waals surface area contributed by atoms with Gasteiger partial charge in [-0.25, -0.2) is 9.59 Å². The standard InChI is InChI=1S/C84H140N14O18/c1-26-50(16)65(77(108)96-67-52(18)114-81(112)64(49(14)15)93-69(100)55(28-3)86-71(102)57(43-54-36-30-29-31-37-54)88-73(104)61(46(8)9)90-76(107)66(51(17)27-2)95-78(67)109)94-70(101)56(38-33-41-85-82(113)116-84(23,24)25)87-72(103)58-39-34-42-98(58)80(111)63(48(12)13)92-75(106)62(47(10)11)91-79(110)68(53(19)115-83(20,21)22)97-74(105)60(45(6)7)89-59(99)40-32-35-44(4)5/h28-31,36-37,44-53,56-58,60-68H,26-27,32-35,38-43H2,1-25H3,(H,85,113)(H,86,102)(H,87,103)(H,88,104)(H,89,99)(H,90,107)(H,91,110)(H,92,106)(H,93,100)(H,94,101)(H,95,109)(H,96,108)(H,97,105)/b55-28-/t50-,51-,52+,53+,56-,57-,58+,60+,61+,62-,63+,64-,65+,66+,67+,68-/m0/s1. The van der Waals surface area contributed by atoms with Gasteiger partial charge in [0.05, 0.1) is 11.7 Å². The maximum absolute atomic E-state index is 15.3. The fourth-order valence-corrected chi connectivity index (χ4v) is 13.2. The van der Waals surface area contributed by atoms with E-state index < -0.39 is 220 Å². The summed E-state index contributed by atoms with van der Waals surface area (Å²) in [5.41, 5.74) is -1.33. The minimum atomic E-state index is -1.87. The number of carbonyl (C=O) groups is 15. The number of carbonyl (C=O) groups excluding carboxylic acids is 15. The first-order valence-electron chi connectivity index (χ1n) is 41.5. The molecule has 654 valence electrons. The molecule has 1 aromatic rings. The second-order valence-corrected chi connectivity index (χ2v) is 35.0. The Hall–Kier alpha value is -9.23. The summed E-state index contributed by atoms with van der Waals surface area (Å²) in [6, 6.07) is -7.89. The number of hydrogen-bond donors (Lipinski definition) is 13. The van der Waals surface area contributed by atoms with Crippen LogP contribution >= 0.6 is 0 Å². The maximum Gasteiger partial charge on any atom is 0.407 e. The van der Waals surface area contributed by atoms with Crippen molar-refractivity contribution in [1.29, 1.82) is 0 Å². The zero-order chi connectivity index (χ0) is 88.1. The van der Waals surface area contributed by atoms with Gasteiger partial charge in [-0.3, -0.25) is 62.3 Å². The van der Waals surface area contributed by atoms with Crippen LogP contribution in [0.3, 0.4) is 0 Å². The van der Waals surface area contributed by atoms with Crippen molar-refractivity contribution >= 4 is 88.9 Å². The van der Waals surface area contributed by atoms with Crippen LogP contribution in [0.2, 0.25) is 0 Å². The largest absolute Gasteiger partial charge is 0.458 e. The van der Waals surface area contributed by atoms with Crippen molar-refractivity contribution in [3.05, 3.63) is 47.7 Å². The minimum absolute atomic E-state index is 0.0288. The number of nitrogens with one attached hydrogen (secondary N) is 13. The number of nitrogens with zero attached hydrogens (tertiary/aromatic N) is 1. The average molecular weight is 1630 g/mol. The summed E-state index contributed by atoms with van der Waals surface area (Å²) in [5, 5.41) is 35.6. The van der Waals surface area contributed by atoms with Crippen molar-refractivity contribution < 1.29 is 86.1 Å². The molecule has 0 spiro atoms. The molecule has 116 heavy (non-hydrogen) atoms. The summed E-state index contributed by atoms with van der Waals surface area (Å²) >= 11 is 0. The monoisotopic (exact) mass is 1630 g/mol. The van der Waals surface area contributed by atoms with Gasteiger partial charge in [-0.1, -0.05) is 166 Å². The molecule has 2 aliphatic heterocycles. The number of ether oxygens (including phenoxy) is 3. The Morgan fingerprint density at radius 3 is 1.66 bits per heavy atom. The molecule has 13 N–H and O–H groups in total. The summed E-state index contributed by atoms with van der Waals surface area (Å²) in [4.78, 5) is 219. The van der Waals surface area contributed by atoms with Gasteiger partial charge in [0.1, 0.15) is 89.9 Å². The lowest BCUT2D eigenvalue weighted by atomic mass is 9.95. The number of rotatable bonds is 35. The van der Waals surface area contributed by atoms with Crippen LogP contribution in [0, 0.1) is 47.3 Å². The van der Waals surface area contributed by atoms with E-state index >= 15 is 24.0 Å². The number of amides is 14.